The zero-order chi connectivity index (χ0) is 10.6. The molecular formula is C12H16O2. The molecule has 0 fully saturated rings. The smallest absolute Gasteiger partial charge is 0.119 e. The van der Waals surface area contributed by atoms with Crippen molar-refractivity contribution in [1.29, 1.82) is 0 Å². The number of aromatic hydroxyl groups is 1. The molecule has 2 nitrogen and oxygen atoms in total. The van der Waals surface area contributed by atoms with Crippen LogP contribution < -0.4 is 4.74 Å². The molecule has 2 heteroatoms. The molecule has 1 atom stereocenters. The van der Waals surface area contributed by atoms with E-state index in [-0.39, 0.29) is 5.92 Å². The van der Waals surface area contributed by atoms with Crippen molar-refractivity contribution >= 4 is 0 Å². The number of phenolic OH excluding ortho intramolecular Hbond substituents is 1. The van der Waals surface area contributed by atoms with E-state index in [1.807, 2.05) is 32.1 Å². The highest BCUT2D eigenvalue weighted by molar-refractivity contribution is 5.42. The first kappa shape index (κ1) is 10.6. The summed E-state index contributed by atoms with van der Waals surface area (Å²) >= 11 is 0. The molecule has 0 saturated carbocycles. The minimum atomic E-state index is 0.204. The summed E-state index contributed by atoms with van der Waals surface area (Å²) < 4.78 is 5.10. The first-order valence-corrected chi connectivity index (χ1v) is 4.68. The van der Waals surface area contributed by atoms with Crippen LogP contribution in [0.5, 0.6) is 11.5 Å². The van der Waals surface area contributed by atoms with Gasteiger partial charge in [-0.15, -0.1) is 0 Å². The lowest BCUT2D eigenvalue weighted by molar-refractivity contribution is 0.410. The van der Waals surface area contributed by atoms with E-state index < -0.39 is 0 Å². The quantitative estimate of drug-likeness (QED) is 0.746. The lowest BCUT2D eigenvalue weighted by Gasteiger charge is -2.10. The first-order chi connectivity index (χ1) is 6.69. The molecule has 0 saturated heterocycles. The third-order valence-corrected chi connectivity index (χ3v) is 2.21. The zero-order valence-corrected chi connectivity index (χ0v) is 8.82. The molecule has 0 heterocycles. The van der Waals surface area contributed by atoms with Crippen molar-refractivity contribution in [3.8, 4) is 11.5 Å². The van der Waals surface area contributed by atoms with Crippen LogP contribution in [-0.2, 0) is 0 Å². The molecule has 14 heavy (non-hydrogen) atoms. The second-order valence-corrected chi connectivity index (χ2v) is 3.24. The summed E-state index contributed by atoms with van der Waals surface area (Å²) in [6, 6.07) is 5.27. The van der Waals surface area contributed by atoms with Crippen LogP contribution in [0.15, 0.2) is 30.4 Å². The van der Waals surface area contributed by atoms with E-state index in [1.54, 1.807) is 19.2 Å². The molecule has 0 aliphatic carbocycles. The maximum Gasteiger partial charge on any atom is 0.119 e. The third-order valence-electron chi connectivity index (χ3n) is 2.21. The minimum Gasteiger partial charge on any atom is -0.508 e. The van der Waals surface area contributed by atoms with Gasteiger partial charge in [-0.05, 0) is 25.1 Å². The predicted molar refractivity (Wildman–Crippen MR) is 57.9 cm³/mol. The standard InChI is InChI=1S/C12H16O2/c1-4-5-9(2)11-8-10(14-3)6-7-12(11)13/h4-9,13H,1-3H3/b5-4+/t9-/m1/s1. The normalized spacial score (nSPS) is 13.1. The summed E-state index contributed by atoms with van der Waals surface area (Å²) in [7, 11) is 1.62. The fourth-order valence-electron chi connectivity index (χ4n) is 1.42. The van der Waals surface area contributed by atoms with Gasteiger partial charge in [-0.2, -0.15) is 0 Å². The predicted octanol–water partition coefficient (Wildman–Crippen LogP) is 3.08. The highest BCUT2D eigenvalue weighted by Crippen LogP contribution is 2.30. The molecular weight excluding hydrogens is 176 g/mol. The van der Waals surface area contributed by atoms with Gasteiger partial charge in [-0.1, -0.05) is 19.1 Å². The lowest BCUT2D eigenvalue weighted by Crippen LogP contribution is -1.91. The van der Waals surface area contributed by atoms with Crippen molar-refractivity contribution in [2.75, 3.05) is 7.11 Å². The van der Waals surface area contributed by atoms with E-state index in [9.17, 15) is 5.11 Å². The summed E-state index contributed by atoms with van der Waals surface area (Å²) in [5, 5.41) is 9.64. The van der Waals surface area contributed by atoms with Crippen LogP contribution in [0.2, 0.25) is 0 Å². The fourth-order valence-corrected chi connectivity index (χ4v) is 1.42. The van der Waals surface area contributed by atoms with E-state index in [4.69, 9.17) is 4.74 Å². The Morgan fingerprint density at radius 2 is 2.14 bits per heavy atom. The highest BCUT2D eigenvalue weighted by atomic mass is 16.5. The van der Waals surface area contributed by atoms with Gasteiger partial charge in [0, 0.05) is 11.5 Å². The van der Waals surface area contributed by atoms with E-state index in [1.165, 1.54) is 0 Å². The summed E-state index contributed by atoms with van der Waals surface area (Å²) in [6.07, 6.45) is 4.01. The number of ether oxygens (including phenoxy) is 1. The number of benzene rings is 1. The van der Waals surface area contributed by atoms with Crippen LogP contribution in [0.4, 0.5) is 0 Å². The van der Waals surface area contributed by atoms with Gasteiger partial charge in [-0.25, -0.2) is 0 Å². The Morgan fingerprint density at radius 1 is 1.43 bits per heavy atom. The van der Waals surface area contributed by atoms with Gasteiger partial charge in [0.15, 0.2) is 0 Å². The van der Waals surface area contributed by atoms with Crippen LogP contribution >= 0.6 is 0 Å². The van der Waals surface area contributed by atoms with Crippen LogP contribution in [0.3, 0.4) is 0 Å². The first-order valence-electron chi connectivity index (χ1n) is 4.68. The van der Waals surface area contributed by atoms with Crippen molar-refractivity contribution in [2.45, 2.75) is 19.8 Å². The van der Waals surface area contributed by atoms with Crippen LogP contribution in [0.25, 0.3) is 0 Å². The van der Waals surface area contributed by atoms with Gasteiger partial charge in [0.1, 0.15) is 11.5 Å². The second kappa shape index (κ2) is 4.70. The molecule has 76 valence electrons. The molecule has 1 aromatic rings. The Balaban J connectivity index is 3.05. The lowest BCUT2D eigenvalue weighted by atomic mass is 9.99. The van der Waals surface area contributed by atoms with Crippen molar-refractivity contribution in [3.63, 3.8) is 0 Å². The molecule has 0 unspecified atom stereocenters. The van der Waals surface area contributed by atoms with Gasteiger partial charge in [0.2, 0.25) is 0 Å². The summed E-state index contributed by atoms with van der Waals surface area (Å²) in [4.78, 5) is 0. The maximum atomic E-state index is 9.64. The summed E-state index contributed by atoms with van der Waals surface area (Å²) in [6.45, 7) is 4.00. The van der Waals surface area contributed by atoms with Crippen molar-refractivity contribution in [1.82, 2.24) is 0 Å². The van der Waals surface area contributed by atoms with Gasteiger partial charge in [0.05, 0.1) is 7.11 Å². The molecule has 0 amide bonds. The number of methoxy groups -OCH3 is 1. The fraction of sp³-hybridized carbons (Fsp3) is 0.333. The van der Waals surface area contributed by atoms with Crippen molar-refractivity contribution < 1.29 is 9.84 Å². The molecule has 0 radical (unpaired) electrons. The van der Waals surface area contributed by atoms with E-state index in [0.717, 1.165) is 11.3 Å². The SMILES string of the molecule is C/C=C/[C@@H](C)c1cc(OC)ccc1O. The largest absolute Gasteiger partial charge is 0.508 e. The molecule has 1 N–H and O–H groups in total. The molecule has 0 spiro atoms. The third kappa shape index (κ3) is 2.28. The molecule has 0 aliphatic rings. The number of phenols is 1. The highest BCUT2D eigenvalue weighted by Gasteiger charge is 2.08. The van der Waals surface area contributed by atoms with Crippen LogP contribution in [0, 0.1) is 0 Å². The second-order valence-electron chi connectivity index (χ2n) is 3.24. The van der Waals surface area contributed by atoms with Gasteiger partial charge in [0.25, 0.3) is 0 Å². The molecule has 0 aliphatic heterocycles. The topological polar surface area (TPSA) is 29.5 Å². The number of hydrogen-bond acceptors (Lipinski definition) is 2. The van der Waals surface area contributed by atoms with Crippen LogP contribution in [0.1, 0.15) is 25.3 Å². The molecule has 0 aromatic heterocycles. The van der Waals surface area contributed by atoms with Gasteiger partial charge < -0.3 is 9.84 Å². The van der Waals surface area contributed by atoms with Crippen LogP contribution in [-0.4, -0.2) is 12.2 Å². The Bertz CT molecular complexity index is 329. The summed E-state index contributed by atoms with van der Waals surface area (Å²) in [5.41, 5.74) is 0.891. The molecule has 1 aromatic carbocycles. The average molecular weight is 192 g/mol. The Kier molecular flexibility index (Phi) is 3.57. The monoisotopic (exact) mass is 192 g/mol. The number of rotatable bonds is 3. The Morgan fingerprint density at radius 3 is 2.71 bits per heavy atom. The summed E-state index contributed by atoms with van der Waals surface area (Å²) in [5.74, 6) is 1.29. The van der Waals surface area contributed by atoms with E-state index >= 15 is 0 Å². The van der Waals surface area contributed by atoms with E-state index in [0.29, 0.717) is 5.75 Å². The van der Waals surface area contributed by atoms with Crippen molar-refractivity contribution in [2.24, 2.45) is 0 Å². The van der Waals surface area contributed by atoms with Gasteiger partial charge >= 0.3 is 0 Å². The number of hydrogen-bond donors (Lipinski definition) is 1. The minimum absolute atomic E-state index is 0.204. The Labute approximate surface area is 84.8 Å². The molecule has 0 bridgehead atoms. The average Bonchev–Trinajstić information content (AvgIpc) is 2.19. The van der Waals surface area contributed by atoms with Crippen molar-refractivity contribution in [3.05, 3.63) is 35.9 Å². The number of allylic oxidation sites excluding steroid dienone is 2. The van der Waals surface area contributed by atoms with Gasteiger partial charge in [-0.3, -0.25) is 0 Å². The maximum absolute atomic E-state index is 9.64. The Hall–Kier alpha value is -1.44. The zero-order valence-electron chi connectivity index (χ0n) is 8.82. The van der Waals surface area contributed by atoms with E-state index in [2.05, 4.69) is 0 Å². The molecule has 1 rings (SSSR count).